The Morgan fingerprint density at radius 3 is 2.75 bits per heavy atom. The molecule has 1 aromatic carbocycles. The van der Waals surface area contributed by atoms with Gasteiger partial charge in [-0.1, -0.05) is 6.07 Å². The summed E-state index contributed by atoms with van der Waals surface area (Å²) in [4.78, 5) is 26.5. The lowest BCUT2D eigenvalue weighted by Crippen LogP contribution is -2.48. The number of aryl methyl sites for hydroxylation is 1. The van der Waals surface area contributed by atoms with Crippen LogP contribution >= 0.6 is 11.8 Å². The van der Waals surface area contributed by atoms with Gasteiger partial charge in [0.1, 0.15) is 6.04 Å². The van der Waals surface area contributed by atoms with Gasteiger partial charge < -0.3 is 10.0 Å². The van der Waals surface area contributed by atoms with E-state index in [9.17, 15) is 14.7 Å². The minimum Gasteiger partial charge on any atom is -0.480 e. The number of carbonyl (C=O) groups is 2. The first-order valence-corrected chi connectivity index (χ1v) is 7.95. The molecule has 0 aliphatic carbocycles. The third-order valence-corrected chi connectivity index (χ3v) is 4.45. The highest BCUT2D eigenvalue weighted by molar-refractivity contribution is 7.98. The smallest absolute Gasteiger partial charge is 0.326 e. The van der Waals surface area contributed by atoms with E-state index in [2.05, 4.69) is 0 Å². The highest BCUT2D eigenvalue weighted by Gasteiger charge is 2.32. The number of nitrogens with zero attached hydrogens (tertiary/aromatic N) is 1. The number of carboxylic acid groups (broad SMARTS) is 1. The highest BCUT2D eigenvalue weighted by Crippen LogP contribution is 2.24. The Bertz CT molecular complexity index is 530. The minimum atomic E-state index is -0.906. The molecular formula is C15H19NO3S. The summed E-state index contributed by atoms with van der Waals surface area (Å²) in [6.45, 7) is 2.41. The summed E-state index contributed by atoms with van der Waals surface area (Å²) in [5, 5.41) is 9.28. The molecule has 1 aliphatic rings. The van der Waals surface area contributed by atoms with E-state index in [0.717, 1.165) is 23.3 Å². The van der Waals surface area contributed by atoms with E-state index in [4.69, 9.17) is 0 Å². The van der Waals surface area contributed by atoms with Crippen molar-refractivity contribution in [2.45, 2.75) is 37.1 Å². The summed E-state index contributed by atoms with van der Waals surface area (Å²) >= 11 is 1.58. The molecule has 1 N–H and O–H groups in total. The van der Waals surface area contributed by atoms with Gasteiger partial charge in [-0.15, -0.1) is 11.8 Å². The van der Waals surface area contributed by atoms with Crippen molar-refractivity contribution in [3.05, 3.63) is 29.3 Å². The van der Waals surface area contributed by atoms with E-state index in [1.54, 1.807) is 11.8 Å². The Kier molecular flexibility index (Phi) is 4.70. The van der Waals surface area contributed by atoms with Crippen LogP contribution < -0.4 is 0 Å². The van der Waals surface area contributed by atoms with Gasteiger partial charge in [-0.3, -0.25) is 4.79 Å². The van der Waals surface area contributed by atoms with Crippen LogP contribution in [0.3, 0.4) is 0 Å². The summed E-state index contributed by atoms with van der Waals surface area (Å²) in [7, 11) is 0. The number of rotatable bonds is 3. The molecule has 0 spiro atoms. The first kappa shape index (κ1) is 14.9. The predicted octanol–water partition coefficient (Wildman–Crippen LogP) is 2.80. The van der Waals surface area contributed by atoms with Crippen molar-refractivity contribution in [1.82, 2.24) is 4.90 Å². The molecule has 20 heavy (non-hydrogen) atoms. The Hall–Kier alpha value is -1.49. The zero-order chi connectivity index (χ0) is 14.7. The predicted molar refractivity (Wildman–Crippen MR) is 79.3 cm³/mol. The summed E-state index contributed by atoms with van der Waals surface area (Å²) in [5.41, 5.74) is 1.51. The first-order valence-electron chi connectivity index (χ1n) is 6.73. The third kappa shape index (κ3) is 2.98. The second-order valence-electron chi connectivity index (χ2n) is 5.03. The summed E-state index contributed by atoms with van der Waals surface area (Å²) in [5.74, 6) is -1.07. The van der Waals surface area contributed by atoms with Crippen molar-refractivity contribution < 1.29 is 14.7 Å². The number of amides is 1. The van der Waals surface area contributed by atoms with E-state index in [1.807, 2.05) is 31.4 Å². The SMILES string of the molecule is CSc1ccc(C)c(C(=O)N2CCCC[C@H]2C(=O)O)c1. The summed E-state index contributed by atoms with van der Waals surface area (Å²) in [6, 6.07) is 5.06. The molecule has 0 radical (unpaired) electrons. The average Bonchev–Trinajstić information content (AvgIpc) is 2.47. The fourth-order valence-corrected chi connectivity index (χ4v) is 2.98. The Morgan fingerprint density at radius 1 is 1.35 bits per heavy atom. The molecule has 1 fully saturated rings. The molecule has 0 bridgehead atoms. The molecule has 1 amide bonds. The highest BCUT2D eigenvalue weighted by atomic mass is 32.2. The van der Waals surface area contributed by atoms with Crippen LogP contribution in [-0.4, -0.2) is 40.7 Å². The molecule has 5 heteroatoms. The van der Waals surface area contributed by atoms with Crippen LogP contribution in [0, 0.1) is 6.92 Å². The number of hydrogen-bond donors (Lipinski definition) is 1. The lowest BCUT2D eigenvalue weighted by Gasteiger charge is -2.33. The molecule has 0 aromatic heterocycles. The summed E-state index contributed by atoms with van der Waals surface area (Å²) in [6.07, 6.45) is 4.24. The quantitative estimate of drug-likeness (QED) is 0.871. The van der Waals surface area contributed by atoms with Crippen molar-refractivity contribution in [2.24, 2.45) is 0 Å². The number of aliphatic carboxylic acids is 1. The minimum absolute atomic E-state index is 0.162. The Morgan fingerprint density at radius 2 is 2.10 bits per heavy atom. The van der Waals surface area contributed by atoms with Crippen LogP contribution in [0.25, 0.3) is 0 Å². The molecule has 1 saturated heterocycles. The average molecular weight is 293 g/mol. The number of carboxylic acids is 1. The second-order valence-corrected chi connectivity index (χ2v) is 5.91. The van der Waals surface area contributed by atoms with Crippen molar-refractivity contribution >= 4 is 23.6 Å². The number of hydrogen-bond acceptors (Lipinski definition) is 3. The van der Waals surface area contributed by atoms with Gasteiger partial charge in [0.15, 0.2) is 0 Å². The Labute approximate surface area is 123 Å². The lowest BCUT2D eigenvalue weighted by molar-refractivity contribution is -0.143. The standard InChI is InChI=1S/C15H19NO3S/c1-10-6-7-11(20-2)9-12(10)14(17)16-8-4-3-5-13(16)15(18)19/h6-7,9,13H,3-5,8H2,1-2H3,(H,18,19)/t13-/m0/s1. The monoisotopic (exact) mass is 293 g/mol. The maximum absolute atomic E-state index is 12.7. The third-order valence-electron chi connectivity index (χ3n) is 3.72. The molecule has 108 valence electrons. The normalized spacial score (nSPS) is 18.9. The van der Waals surface area contributed by atoms with Crippen molar-refractivity contribution in [2.75, 3.05) is 12.8 Å². The fraction of sp³-hybridized carbons (Fsp3) is 0.467. The van der Waals surface area contributed by atoms with Gasteiger partial charge in [0.05, 0.1) is 0 Å². The van der Waals surface area contributed by atoms with Crippen LogP contribution in [-0.2, 0) is 4.79 Å². The van der Waals surface area contributed by atoms with E-state index >= 15 is 0 Å². The lowest BCUT2D eigenvalue weighted by atomic mass is 9.99. The summed E-state index contributed by atoms with van der Waals surface area (Å²) < 4.78 is 0. The van der Waals surface area contributed by atoms with Gasteiger partial charge in [-0.2, -0.15) is 0 Å². The van der Waals surface area contributed by atoms with Gasteiger partial charge in [0.25, 0.3) is 5.91 Å². The van der Waals surface area contributed by atoms with Crippen LogP contribution in [0.4, 0.5) is 0 Å². The molecule has 1 heterocycles. The topological polar surface area (TPSA) is 57.6 Å². The van der Waals surface area contributed by atoms with E-state index < -0.39 is 12.0 Å². The zero-order valence-electron chi connectivity index (χ0n) is 11.8. The zero-order valence-corrected chi connectivity index (χ0v) is 12.6. The van der Waals surface area contributed by atoms with E-state index in [1.165, 1.54) is 4.90 Å². The number of likely N-dealkylation sites (tertiary alicyclic amines) is 1. The van der Waals surface area contributed by atoms with Gasteiger partial charge in [0.2, 0.25) is 0 Å². The first-order chi connectivity index (χ1) is 9.54. The maximum Gasteiger partial charge on any atom is 0.326 e. The molecule has 2 rings (SSSR count). The molecule has 4 nitrogen and oxygen atoms in total. The van der Waals surface area contributed by atoms with Crippen LogP contribution in [0.2, 0.25) is 0 Å². The molecule has 1 atom stereocenters. The van der Waals surface area contributed by atoms with Gasteiger partial charge in [-0.25, -0.2) is 4.79 Å². The number of piperidine rings is 1. The van der Waals surface area contributed by atoms with E-state index in [0.29, 0.717) is 18.5 Å². The van der Waals surface area contributed by atoms with Crippen LogP contribution in [0.1, 0.15) is 35.2 Å². The largest absolute Gasteiger partial charge is 0.480 e. The molecule has 0 saturated carbocycles. The number of carbonyl (C=O) groups excluding carboxylic acids is 1. The van der Waals surface area contributed by atoms with Gasteiger partial charge in [0, 0.05) is 17.0 Å². The van der Waals surface area contributed by atoms with Crippen molar-refractivity contribution in [3.8, 4) is 0 Å². The van der Waals surface area contributed by atoms with E-state index in [-0.39, 0.29) is 5.91 Å². The Balaban J connectivity index is 2.31. The number of benzene rings is 1. The van der Waals surface area contributed by atoms with Crippen molar-refractivity contribution in [1.29, 1.82) is 0 Å². The van der Waals surface area contributed by atoms with Gasteiger partial charge >= 0.3 is 5.97 Å². The molecule has 1 aromatic rings. The maximum atomic E-state index is 12.7. The molecule has 0 unspecified atom stereocenters. The second kappa shape index (κ2) is 6.31. The number of thioether (sulfide) groups is 1. The van der Waals surface area contributed by atoms with Crippen LogP contribution in [0.5, 0.6) is 0 Å². The van der Waals surface area contributed by atoms with Gasteiger partial charge in [-0.05, 0) is 50.1 Å². The molecular weight excluding hydrogens is 274 g/mol. The van der Waals surface area contributed by atoms with Crippen molar-refractivity contribution in [3.63, 3.8) is 0 Å². The fourth-order valence-electron chi connectivity index (χ4n) is 2.54. The van der Waals surface area contributed by atoms with Crippen LogP contribution in [0.15, 0.2) is 23.1 Å². The molecule has 1 aliphatic heterocycles.